The molecule has 0 radical (unpaired) electrons. The van der Waals surface area contributed by atoms with Crippen LogP contribution in [0.15, 0.2) is 21.5 Å². The first-order valence-corrected chi connectivity index (χ1v) is 8.68. The van der Waals surface area contributed by atoms with Gasteiger partial charge in [-0.05, 0) is 43.5 Å². The van der Waals surface area contributed by atoms with Crippen LogP contribution in [0.1, 0.15) is 28.5 Å². The van der Waals surface area contributed by atoms with Crippen LogP contribution in [0.3, 0.4) is 0 Å². The van der Waals surface area contributed by atoms with E-state index in [-0.39, 0.29) is 0 Å². The summed E-state index contributed by atoms with van der Waals surface area (Å²) in [6.45, 7) is 6.02. The van der Waals surface area contributed by atoms with Gasteiger partial charge >= 0.3 is 0 Å². The molecule has 7 nitrogen and oxygen atoms in total. The van der Waals surface area contributed by atoms with Crippen molar-refractivity contribution in [2.24, 2.45) is 4.99 Å². The van der Waals surface area contributed by atoms with E-state index in [0.29, 0.717) is 12.4 Å². The van der Waals surface area contributed by atoms with Crippen molar-refractivity contribution >= 4 is 5.96 Å². The number of aryl methyl sites for hydroxylation is 2. The Morgan fingerprint density at radius 1 is 1.23 bits per heavy atom. The molecule has 0 amide bonds. The molecule has 0 spiro atoms. The fraction of sp³-hybridized carbons (Fsp3) is 0.474. The minimum Gasteiger partial charge on any atom is -0.493 e. The summed E-state index contributed by atoms with van der Waals surface area (Å²) in [6.07, 6.45) is 0.924. The molecule has 2 heterocycles. The first kappa shape index (κ1) is 18.1. The van der Waals surface area contributed by atoms with Gasteiger partial charge in [0.2, 0.25) is 5.89 Å². The van der Waals surface area contributed by atoms with Gasteiger partial charge in [0.1, 0.15) is 5.76 Å². The van der Waals surface area contributed by atoms with E-state index in [0.717, 1.165) is 48.4 Å². The smallest absolute Gasteiger partial charge is 0.214 e. The quantitative estimate of drug-likeness (QED) is 0.669. The molecule has 0 unspecified atom stereocenters. The molecule has 7 heteroatoms. The van der Waals surface area contributed by atoms with Crippen LogP contribution in [0.25, 0.3) is 0 Å². The third-order valence-corrected chi connectivity index (χ3v) is 4.70. The van der Waals surface area contributed by atoms with Crippen molar-refractivity contribution in [3.8, 4) is 11.5 Å². The van der Waals surface area contributed by atoms with Crippen LogP contribution in [0.4, 0.5) is 0 Å². The van der Waals surface area contributed by atoms with Crippen LogP contribution in [-0.4, -0.2) is 43.7 Å². The van der Waals surface area contributed by atoms with Crippen molar-refractivity contribution in [3.63, 3.8) is 0 Å². The molecular formula is C19H26N4O3. The Kier molecular flexibility index (Phi) is 5.35. The molecule has 0 aliphatic carbocycles. The van der Waals surface area contributed by atoms with E-state index in [9.17, 15) is 0 Å². The van der Waals surface area contributed by atoms with Gasteiger partial charge in [0, 0.05) is 20.1 Å². The third-order valence-electron chi connectivity index (χ3n) is 4.70. The number of rotatable bonds is 4. The lowest BCUT2D eigenvalue weighted by molar-refractivity contribution is 0.345. The Morgan fingerprint density at radius 2 is 1.92 bits per heavy atom. The first-order chi connectivity index (χ1) is 12.5. The summed E-state index contributed by atoms with van der Waals surface area (Å²) in [6, 6.07) is 4.12. The Bertz CT molecular complexity index is 794. The van der Waals surface area contributed by atoms with Gasteiger partial charge in [0.25, 0.3) is 0 Å². The highest BCUT2D eigenvalue weighted by molar-refractivity contribution is 5.80. The molecule has 0 saturated heterocycles. The number of methoxy groups -OCH3 is 2. The molecule has 26 heavy (non-hydrogen) atoms. The molecule has 140 valence electrons. The van der Waals surface area contributed by atoms with E-state index in [2.05, 4.69) is 32.3 Å². The molecule has 1 aliphatic rings. The number of ether oxygens (including phenoxy) is 2. The average Bonchev–Trinajstić information content (AvgIpc) is 2.98. The predicted octanol–water partition coefficient (Wildman–Crippen LogP) is 2.44. The van der Waals surface area contributed by atoms with Gasteiger partial charge in [-0.15, -0.1) is 0 Å². The minimum absolute atomic E-state index is 0.511. The van der Waals surface area contributed by atoms with Crippen LogP contribution in [-0.2, 0) is 19.5 Å². The first-order valence-electron chi connectivity index (χ1n) is 8.68. The zero-order chi connectivity index (χ0) is 18.7. The van der Waals surface area contributed by atoms with Crippen molar-refractivity contribution in [1.82, 2.24) is 15.2 Å². The lowest BCUT2D eigenvalue weighted by atomic mass is 9.99. The van der Waals surface area contributed by atoms with Crippen LogP contribution >= 0.6 is 0 Å². The molecular weight excluding hydrogens is 332 g/mol. The Hall–Kier alpha value is -2.70. The predicted molar refractivity (Wildman–Crippen MR) is 99.8 cm³/mol. The van der Waals surface area contributed by atoms with Gasteiger partial charge in [-0.3, -0.25) is 4.99 Å². The van der Waals surface area contributed by atoms with E-state index in [4.69, 9.17) is 13.9 Å². The molecule has 1 aliphatic heterocycles. The van der Waals surface area contributed by atoms with Crippen LogP contribution < -0.4 is 14.8 Å². The Balaban J connectivity index is 1.71. The fourth-order valence-electron chi connectivity index (χ4n) is 3.17. The van der Waals surface area contributed by atoms with Gasteiger partial charge in [-0.25, -0.2) is 4.98 Å². The number of hydrogen-bond donors (Lipinski definition) is 1. The standard InChI is InChI=1S/C19H26N4O3/c1-12-13(2)26-18(22-12)10-21-19(20-3)23-7-6-14-8-16(24-4)17(25-5)9-15(14)11-23/h8-9H,6-7,10-11H2,1-5H3,(H,20,21). The van der Waals surface area contributed by atoms with Gasteiger partial charge < -0.3 is 24.1 Å². The number of guanidine groups is 1. The SMILES string of the molecule is CN=C(NCc1nc(C)c(C)o1)N1CCc2cc(OC)c(OC)cc2C1. The number of hydrogen-bond acceptors (Lipinski definition) is 5. The lowest BCUT2D eigenvalue weighted by Crippen LogP contribution is -2.43. The van der Waals surface area contributed by atoms with Crippen molar-refractivity contribution < 1.29 is 13.9 Å². The van der Waals surface area contributed by atoms with Crippen molar-refractivity contribution in [3.05, 3.63) is 40.6 Å². The number of nitrogens with one attached hydrogen (secondary N) is 1. The maximum absolute atomic E-state index is 5.63. The van der Waals surface area contributed by atoms with Crippen molar-refractivity contribution in [2.75, 3.05) is 27.8 Å². The van der Waals surface area contributed by atoms with Crippen LogP contribution in [0.5, 0.6) is 11.5 Å². The second-order valence-corrected chi connectivity index (χ2v) is 6.30. The number of oxazole rings is 1. The van der Waals surface area contributed by atoms with Crippen molar-refractivity contribution in [1.29, 1.82) is 0 Å². The maximum atomic E-state index is 5.63. The molecule has 1 aromatic carbocycles. The van der Waals surface area contributed by atoms with Gasteiger partial charge in [0.15, 0.2) is 17.5 Å². The van der Waals surface area contributed by atoms with Gasteiger partial charge in [-0.2, -0.15) is 0 Å². The molecule has 0 saturated carbocycles. The highest BCUT2D eigenvalue weighted by Crippen LogP contribution is 2.33. The topological polar surface area (TPSA) is 72.1 Å². The third kappa shape index (κ3) is 3.61. The van der Waals surface area contributed by atoms with Crippen LogP contribution in [0, 0.1) is 13.8 Å². The summed E-state index contributed by atoms with van der Waals surface area (Å²) in [5.74, 6) is 3.88. The Morgan fingerprint density at radius 3 is 2.50 bits per heavy atom. The highest BCUT2D eigenvalue weighted by Gasteiger charge is 2.22. The summed E-state index contributed by atoms with van der Waals surface area (Å²) in [5.41, 5.74) is 3.43. The van der Waals surface area contributed by atoms with E-state index in [1.54, 1.807) is 21.3 Å². The summed E-state index contributed by atoms with van der Waals surface area (Å²) in [5, 5.41) is 3.34. The Labute approximate surface area is 154 Å². The summed E-state index contributed by atoms with van der Waals surface area (Å²) in [7, 11) is 5.11. The number of aromatic nitrogens is 1. The van der Waals surface area contributed by atoms with E-state index in [1.807, 2.05) is 13.8 Å². The number of nitrogens with zero attached hydrogens (tertiary/aromatic N) is 3. The zero-order valence-corrected chi connectivity index (χ0v) is 16.0. The molecule has 0 bridgehead atoms. The molecule has 1 aromatic heterocycles. The fourth-order valence-corrected chi connectivity index (χ4v) is 3.17. The number of aliphatic imine (C=N–C) groups is 1. The second kappa shape index (κ2) is 7.68. The molecule has 2 aromatic rings. The summed E-state index contributed by atoms with van der Waals surface area (Å²) in [4.78, 5) is 11.0. The summed E-state index contributed by atoms with van der Waals surface area (Å²) >= 11 is 0. The van der Waals surface area contributed by atoms with Crippen molar-refractivity contribution in [2.45, 2.75) is 33.4 Å². The number of fused-ring (bicyclic) bond motifs is 1. The lowest BCUT2D eigenvalue weighted by Gasteiger charge is -2.32. The van der Waals surface area contributed by atoms with E-state index in [1.165, 1.54) is 11.1 Å². The van der Waals surface area contributed by atoms with E-state index >= 15 is 0 Å². The summed E-state index contributed by atoms with van der Waals surface area (Å²) < 4.78 is 16.5. The second-order valence-electron chi connectivity index (χ2n) is 6.30. The molecule has 0 fully saturated rings. The highest BCUT2D eigenvalue weighted by atomic mass is 16.5. The molecule has 0 atom stereocenters. The number of benzene rings is 1. The van der Waals surface area contributed by atoms with Gasteiger partial charge in [0.05, 0.1) is 26.5 Å². The minimum atomic E-state index is 0.511. The maximum Gasteiger partial charge on any atom is 0.214 e. The normalized spacial score (nSPS) is 14.2. The zero-order valence-electron chi connectivity index (χ0n) is 16.0. The monoisotopic (exact) mass is 358 g/mol. The average molecular weight is 358 g/mol. The molecule has 3 rings (SSSR count). The largest absolute Gasteiger partial charge is 0.493 e. The van der Waals surface area contributed by atoms with Crippen LogP contribution in [0.2, 0.25) is 0 Å². The van der Waals surface area contributed by atoms with Gasteiger partial charge in [-0.1, -0.05) is 0 Å². The van der Waals surface area contributed by atoms with E-state index < -0.39 is 0 Å². The molecule has 1 N–H and O–H groups in total.